The lowest BCUT2D eigenvalue weighted by Crippen LogP contribution is -2.52. The average Bonchev–Trinajstić information content (AvgIpc) is 3.14. The summed E-state index contributed by atoms with van der Waals surface area (Å²) >= 11 is 6.56. The van der Waals surface area contributed by atoms with Gasteiger partial charge >= 0.3 is 0 Å². The summed E-state index contributed by atoms with van der Waals surface area (Å²) < 4.78 is 35.5. The van der Waals surface area contributed by atoms with E-state index in [4.69, 9.17) is 16.3 Å². The molecule has 2 atom stereocenters. The number of amides is 1. The SMILES string of the molecule is COC1CN(c2c(F)c(Cl)c(-c3ccn4nc(NC(=O)[C@@H]5C[C@@H]5F)cc4c3)c3cn[nH]c23)C1. The highest BCUT2D eigenvalue weighted by Crippen LogP contribution is 2.44. The van der Waals surface area contributed by atoms with E-state index in [2.05, 4.69) is 20.6 Å². The van der Waals surface area contributed by atoms with Gasteiger partial charge in [-0.2, -0.15) is 10.2 Å². The van der Waals surface area contributed by atoms with Crippen LogP contribution in [0.2, 0.25) is 5.02 Å². The van der Waals surface area contributed by atoms with Crippen molar-refractivity contribution in [2.24, 2.45) is 5.92 Å². The number of nitrogens with one attached hydrogen (secondary N) is 2. The van der Waals surface area contributed by atoms with Crippen LogP contribution in [0.1, 0.15) is 6.42 Å². The molecule has 6 rings (SSSR count). The predicted molar refractivity (Wildman–Crippen MR) is 120 cm³/mol. The van der Waals surface area contributed by atoms with E-state index >= 15 is 4.39 Å². The molecule has 4 aromatic rings. The molecule has 2 aliphatic rings. The van der Waals surface area contributed by atoms with Gasteiger partial charge in [0.05, 0.1) is 34.3 Å². The van der Waals surface area contributed by atoms with Crippen LogP contribution in [0.5, 0.6) is 0 Å². The Kier molecular flexibility index (Phi) is 4.56. The van der Waals surface area contributed by atoms with Crippen molar-refractivity contribution < 1.29 is 18.3 Å². The van der Waals surface area contributed by atoms with Crippen molar-refractivity contribution in [2.75, 3.05) is 30.4 Å². The summed E-state index contributed by atoms with van der Waals surface area (Å²) in [6.45, 7) is 1.13. The summed E-state index contributed by atoms with van der Waals surface area (Å²) in [7, 11) is 1.63. The van der Waals surface area contributed by atoms with Gasteiger partial charge in [-0.1, -0.05) is 11.6 Å². The minimum Gasteiger partial charge on any atom is -0.378 e. The molecule has 1 saturated heterocycles. The smallest absolute Gasteiger partial charge is 0.231 e. The molecule has 0 bridgehead atoms. The number of aromatic amines is 1. The molecule has 170 valence electrons. The zero-order chi connectivity index (χ0) is 22.9. The number of alkyl halides is 1. The average molecular weight is 473 g/mol. The third-order valence-electron chi connectivity index (χ3n) is 6.32. The Labute approximate surface area is 191 Å². The number of hydrogen-bond acceptors (Lipinski definition) is 5. The molecule has 1 aliphatic carbocycles. The lowest BCUT2D eigenvalue weighted by molar-refractivity contribution is -0.117. The van der Waals surface area contributed by atoms with Crippen molar-refractivity contribution in [1.29, 1.82) is 0 Å². The van der Waals surface area contributed by atoms with Gasteiger partial charge in [0.2, 0.25) is 5.91 Å². The highest BCUT2D eigenvalue weighted by molar-refractivity contribution is 6.36. The van der Waals surface area contributed by atoms with Gasteiger partial charge in [0.1, 0.15) is 11.9 Å². The van der Waals surface area contributed by atoms with Crippen LogP contribution in [0, 0.1) is 11.7 Å². The number of pyridine rings is 1. The molecule has 1 amide bonds. The van der Waals surface area contributed by atoms with E-state index in [0.717, 1.165) is 0 Å². The number of anilines is 2. The second-order valence-electron chi connectivity index (χ2n) is 8.43. The maximum absolute atomic E-state index is 15.5. The number of hydrogen-bond donors (Lipinski definition) is 2. The molecular weight excluding hydrogens is 454 g/mol. The van der Waals surface area contributed by atoms with Crippen molar-refractivity contribution >= 4 is 45.4 Å². The number of carbonyl (C=O) groups is 1. The number of ether oxygens (including phenoxy) is 1. The van der Waals surface area contributed by atoms with E-state index < -0.39 is 17.9 Å². The molecule has 33 heavy (non-hydrogen) atoms. The molecule has 2 fully saturated rings. The Bertz CT molecular complexity index is 1410. The minimum absolute atomic E-state index is 0.000112. The van der Waals surface area contributed by atoms with E-state index in [1.165, 1.54) is 0 Å². The number of benzene rings is 1. The quantitative estimate of drug-likeness (QED) is 0.461. The molecule has 0 radical (unpaired) electrons. The molecule has 1 saturated carbocycles. The second kappa shape index (κ2) is 7.39. The van der Waals surface area contributed by atoms with Crippen LogP contribution < -0.4 is 10.2 Å². The Balaban J connectivity index is 1.39. The first-order valence-corrected chi connectivity index (χ1v) is 10.9. The van der Waals surface area contributed by atoms with E-state index in [1.54, 1.807) is 42.2 Å². The first-order chi connectivity index (χ1) is 15.9. The Hall–Kier alpha value is -3.24. The fourth-order valence-electron chi connectivity index (χ4n) is 4.31. The number of aromatic nitrogens is 4. The molecule has 1 aromatic carbocycles. The van der Waals surface area contributed by atoms with E-state index in [0.29, 0.717) is 52.1 Å². The number of methoxy groups -OCH3 is 1. The fourth-order valence-corrected chi connectivity index (χ4v) is 4.61. The van der Waals surface area contributed by atoms with Crippen molar-refractivity contribution in [3.8, 4) is 11.1 Å². The molecule has 0 spiro atoms. The van der Waals surface area contributed by atoms with Gasteiger partial charge in [-0.05, 0) is 24.1 Å². The van der Waals surface area contributed by atoms with Crippen LogP contribution in [0.15, 0.2) is 30.6 Å². The zero-order valence-electron chi connectivity index (χ0n) is 17.5. The number of rotatable bonds is 5. The highest BCUT2D eigenvalue weighted by Gasteiger charge is 2.43. The van der Waals surface area contributed by atoms with Crippen LogP contribution >= 0.6 is 11.6 Å². The van der Waals surface area contributed by atoms with Crippen molar-refractivity contribution in [3.63, 3.8) is 0 Å². The summed E-state index contributed by atoms with van der Waals surface area (Å²) in [6.07, 6.45) is 2.54. The van der Waals surface area contributed by atoms with Gasteiger partial charge in [0.15, 0.2) is 11.6 Å². The van der Waals surface area contributed by atoms with Crippen LogP contribution in [0.4, 0.5) is 20.3 Å². The number of fused-ring (bicyclic) bond motifs is 2. The van der Waals surface area contributed by atoms with E-state index in [9.17, 15) is 9.18 Å². The summed E-state index contributed by atoms with van der Waals surface area (Å²) in [5.41, 5.74) is 2.79. The van der Waals surface area contributed by atoms with Gasteiger partial charge in [0.25, 0.3) is 0 Å². The number of halogens is 3. The third kappa shape index (κ3) is 3.24. The highest BCUT2D eigenvalue weighted by atomic mass is 35.5. The minimum atomic E-state index is -1.08. The molecule has 1 aliphatic heterocycles. The lowest BCUT2D eigenvalue weighted by atomic mass is 9.99. The maximum atomic E-state index is 15.5. The second-order valence-corrected chi connectivity index (χ2v) is 8.81. The van der Waals surface area contributed by atoms with Gasteiger partial charge in [0, 0.05) is 43.4 Å². The number of carbonyl (C=O) groups excluding carboxylic acids is 1. The van der Waals surface area contributed by atoms with Crippen LogP contribution in [0.25, 0.3) is 27.5 Å². The van der Waals surface area contributed by atoms with E-state index in [1.807, 2.05) is 4.90 Å². The fraction of sp³-hybridized carbons (Fsp3) is 0.318. The zero-order valence-corrected chi connectivity index (χ0v) is 18.2. The summed E-state index contributed by atoms with van der Waals surface area (Å²) in [5.74, 6) is -1.19. The first-order valence-electron chi connectivity index (χ1n) is 10.5. The molecule has 11 heteroatoms. The first kappa shape index (κ1) is 20.4. The maximum Gasteiger partial charge on any atom is 0.231 e. The van der Waals surface area contributed by atoms with Gasteiger partial charge < -0.3 is 15.0 Å². The Morgan fingerprint density at radius 1 is 1.36 bits per heavy atom. The molecule has 3 aromatic heterocycles. The molecular formula is C22H19ClF2N6O2. The summed E-state index contributed by atoms with van der Waals surface area (Å²) in [6, 6.07) is 5.24. The van der Waals surface area contributed by atoms with Gasteiger partial charge in [-0.3, -0.25) is 9.89 Å². The van der Waals surface area contributed by atoms with Gasteiger partial charge in [-0.25, -0.2) is 13.3 Å². The largest absolute Gasteiger partial charge is 0.378 e. The molecule has 0 unspecified atom stereocenters. The monoisotopic (exact) mass is 472 g/mol. The predicted octanol–water partition coefficient (Wildman–Crippen LogP) is 3.80. The van der Waals surface area contributed by atoms with Crippen molar-refractivity contribution in [1.82, 2.24) is 19.8 Å². The van der Waals surface area contributed by atoms with Gasteiger partial charge in [-0.15, -0.1) is 0 Å². The molecule has 2 N–H and O–H groups in total. The van der Waals surface area contributed by atoms with Crippen LogP contribution in [0.3, 0.4) is 0 Å². The van der Waals surface area contributed by atoms with Crippen molar-refractivity contribution in [3.05, 3.63) is 41.4 Å². The number of nitrogens with zero attached hydrogens (tertiary/aromatic N) is 4. The standard InChI is InChI=1S/C22H19ClF2N6O2/c1-33-12-8-30(9-12)21-19(25)18(23)17(14-7-26-28-20(14)21)10-2-3-31-11(4-10)5-16(29-31)27-22(32)13-6-15(13)24/h2-5,7,12-13,15H,6,8-9H2,1H3,(H,26,28)(H,27,29,32)/t13-,15+/m1/s1. The Morgan fingerprint density at radius 3 is 2.88 bits per heavy atom. The Morgan fingerprint density at radius 2 is 2.15 bits per heavy atom. The summed E-state index contributed by atoms with van der Waals surface area (Å²) in [5, 5.41) is 14.7. The summed E-state index contributed by atoms with van der Waals surface area (Å²) in [4.78, 5) is 13.9. The topological polar surface area (TPSA) is 87.6 Å². The number of H-pyrrole nitrogens is 1. The van der Waals surface area contributed by atoms with Crippen LogP contribution in [-0.4, -0.2) is 58.2 Å². The molecule has 4 heterocycles. The van der Waals surface area contributed by atoms with Crippen molar-refractivity contribution in [2.45, 2.75) is 18.7 Å². The van der Waals surface area contributed by atoms with Crippen LogP contribution in [-0.2, 0) is 9.53 Å². The molecule has 8 nitrogen and oxygen atoms in total. The lowest BCUT2D eigenvalue weighted by Gasteiger charge is -2.40. The van der Waals surface area contributed by atoms with E-state index in [-0.39, 0.29) is 23.5 Å². The third-order valence-corrected chi connectivity index (χ3v) is 6.67. The normalized spacial score (nSPS) is 20.4.